The maximum atomic E-state index is 12.1. The van der Waals surface area contributed by atoms with Crippen molar-refractivity contribution in [1.82, 2.24) is 5.32 Å². The second-order valence-electron chi connectivity index (χ2n) is 4.88. The largest absolute Gasteiger partial charge is 0.454 e. The fraction of sp³-hybridized carbons (Fsp3) is 0.500. The van der Waals surface area contributed by atoms with Crippen LogP contribution in [0.25, 0.3) is 0 Å². The van der Waals surface area contributed by atoms with Crippen LogP contribution < -0.4 is 14.8 Å². The van der Waals surface area contributed by atoms with E-state index < -0.39 is 0 Å². The molecule has 0 aliphatic carbocycles. The van der Waals surface area contributed by atoms with Crippen molar-refractivity contribution in [3.05, 3.63) is 23.8 Å². The maximum Gasteiger partial charge on any atom is 0.251 e. The Labute approximate surface area is 111 Å². The van der Waals surface area contributed by atoms with Gasteiger partial charge in [-0.2, -0.15) is 0 Å². The Morgan fingerprint density at radius 1 is 1.37 bits per heavy atom. The highest BCUT2D eigenvalue weighted by Gasteiger charge is 2.24. The topological polar surface area (TPSA) is 56.8 Å². The van der Waals surface area contributed by atoms with Crippen LogP contribution in [0.4, 0.5) is 0 Å². The minimum atomic E-state index is -0.110. The molecule has 0 radical (unpaired) electrons. The first kappa shape index (κ1) is 12.3. The molecule has 1 aromatic rings. The zero-order chi connectivity index (χ0) is 13.2. The first-order valence-electron chi connectivity index (χ1n) is 6.56. The average Bonchev–Trinajstić information content (AvgIpc) is 3.09. The van der Waals surface area contributed by atoms with E-state index in [9.17, 15) is 4.79 Å². The van der Waals surface area contributed by atoms with E-state index in [2.05, 4.69) is 5.32 Å². The van der Waals surface area contributed by atoms with Gasteiger partial charge in [0.1, 0.15) is 0 Å². The van der Waals surface area contributed by atoms with E-state index >= 15 is 0 Å². The molecule has 2 aliphatic rings. The van der Waals surface area contributed by atoms with Crippen molar-refractivity contribution >= 4 is 5.91 Å². The lowest BCUT2D eigenvalue weighted by Gasteiger charge is -2.20. The second kappa shape index (κ2) is 5.09. The van der Waals surface area contributed by atoms with Crippen molar-refractivity contribution in [2.45, 2.75) is 31.9 Å². The van der Waals surface area contributed by atoms with Gasteiger partial charge >= 0.3 is 0 Å². The summed E-state index contributed by atoms with van der Waals surface area (Å²) in [6, 6.07) is 5.22. The average molecular weight is 263 g/mol. The van der Waals surface area contributed by atoms with Crippen molar-refractivity contribution in [3.8, 4) is 11.5 Å². The molecule has 102 valence electrons. The van der Waals surface area contributed by atoms with Crippen LogP contribution in [0.3, 0.4) is 0 Å². The molecule has 3 rings (SSSR count). The number of rotatable bonds is 3. The standard InChI is InChI=1S/C14H17NO4/c1-9(11-3-2-6-17-11)15-14(16)10-4-5-12-13(7-10)19-8-18-12/h4-5,7,9,11H,2-3,6,8H2,1H3,(H,15,16)/t9-,11+/m1/s1. The fourth-order valence-corrected chi connectivity index (χ4v) is 2.42. The predicted molar refractivity (Wildman–Crippen MR) is 68.5 cm³/mol. The van der Waals surface area contributed by atoms with E-state index in [1.807, 2.05) is 6.92 Å². The molecule has 2 heterocycles. The van der Waals surface area contributed by atoms with Crippen LogP contribution in [0.2, 0.25) is 0 Å². The Morgan fingerprint density at radius 3 is 3.00 bits per heavy atom. The van der Waals surface area contributed by atoms with E-state index in [0.717, 1.165) is 19.4 Å². The molecule has 1 aromatic carbocycles. The number of hydrogen-bond acceptors (Lipinski definition) is 4. The molecule has 0 spiro atoms. The van der Waals surface area contributed by atoms with Gasteiger partial charge in [0.25, 0.3) is 5.91 Å². The monoisotopic (exact) mass is 263 g/mol. The van der Waals surface area contributed by atoms with Crippen LogP contribution in [0.5, 0.6) is 11.5 Å². The molecule has 19 heavy (non-hydrogen) atoms. The third-order valence-corrected chi connectivity index (χ3v) is 3.52. The summed E-state index contributed by atoms with van der Waals surface area (Å²) in [5.41, 5.74) is 0.578. The summed E-state index contributed by atoms with van der Waals surface area (Å²) in [5.74, 6) is 1.20. The first-order valence-corrected chi connectivity index (χ1v) is 6.56. The summed E-state index contributed by atoms with van der Waals surface area (Å²) in [4.78, 5) is 12.1. The van der Waals surface area contributed by atoms with Crippen LogP contribution in [0.1, 0.15) is 30.1 Å². The Hall–Kier alpha value is -1.75. The molecular formula is C14H17NO4. The van der Waals surface area contributed by atoms with E-state index in [1.165, 1.54) is 0 Å². The molecule has 1 fully saturated rings. The number of fused-ring (bicyclic) bond motifs is 1. The lowest BCUT2D eigenvalue weighted by atomic mass is 10.1. The maximum absolute atomic E-state index is 12.1. The third-order valence-electron chi connectivity index (χ3n) is 3.52. The molecule has 1 N–H and O–H groups in total. The van der Waals surface area contributed by atoms with Crippen molar-refractivity contribution in [3.63, 3.8) is 0 Å². The highest BCUT2D eigenvalue weighted by atomic mass is 16.7. The van der Waals surface area contributed by atoms with Gasteiger partial charge in [0, 0.05) is 12.2 Å². The molecule has 0 aromatic heterocycles. The summed E-state index contributed by atoms with van der Waals surface area (Å²) in [6.07, 6.45) is 2.19. The highest BCUT2D eigenvalue weighted by Crippen LogP contribution is 2.32. The van der Waals surface area contributed by atoms with Crippen molar-refractivity contribution in [2.75, 3.05) is 13.4 Å². The number of amides is 1. The van der Waals surface area contributed by atoms with Crippen LogP contribution in [-0.4, -0.2) is 31.5 Å². The van der Waals surface area contributed by atoms with E-state index in [-0.39, 0.29) is 24.8 Å². The van der Waals surface area contributed by atoms with Gasteiger partial charge in [-0.15, -0.1) is 0 Å². The van der Waals surface area contributed by atoms with Crippen molar-refractivity contribution in [1.29, 1.82) is 0 Å². The Bertz CT molecular complexity index is 482. The third kappa shape index (κ3) is 2.51. The molecule has 0 bridgehead atoms. The Kier molecular flexibility index (Phi) is 3.29. The molecule has 1 amide bonds. The highest BCUT2D eigenvalue weighted by molar-refractivity contribution is 5.95. The van der Waals surface area contributed by atoms with E-state index in [4.69, 9.17) is 14.2 Å². The minimum Gasteiger partial charge on any atom is -0.454 e. The predicted octanol–water partition coefficient (Wildman–Crippen LogP) is 1.71. The molecule has 2 atom stereocenters. The lowest BCUT2D eigenvalue weighted by Crippen LogP contribution is -2.40. The summed E-state index contributed by atoms with van der Waals surface area (Å²) in [5, 5.41) is 2.97. The van der Waals surface area contributed by atoms with Gasteiger partial charge in [-0.1, -0.05) is 0 Å². The van der Waals surface area contributed by atoms with Gasteiger partial charge in [-0.25, -0.2) is 0 Å². The smallest absolute Gasteiger partial charge is 0.251 e. The van der Waals surface area contributed by atoms with Gasteiger partial charge in [-0.3, -0.25) is 4.79 Å². The summed E-state index contributed by atoms with van der Waals surface area (Å²) in [7, 11) is 0. The molecule has 2 aliphatic heterocycles. The Morgan fingerprint density at radius 2 is 2.21 bits per heavy atom. The second-order valence-corrected chi connectivity index (χ2v) is 4.88. The quantitative estimate of drug-likeness (QED) is 0.902. The van der Waals surface area contributed by atoms with Crippen LogP contribution in [0.15, 0.2) is 18.2 Å². The summed E-state index contributed by atoms with van der Waals surface area (Å²) < 4.78 is 16.1. The van der Waals surface area contributed by atoms with Gasteiger partial charge in [0.05, 0.1) is 12.1 Å². The number of carbonyl (C=O) groups excluding carboxylic acids is 1. The minimum absolute atomic E-state index is 0.0143. The number of benzene rings is 1. The normalized spacial score (nSPS) is 22.3. The van der Waals surface area contributed by atoms with Crippen LogP contribution in [0, 0.1) is 0 Å². The molecular weight excluding hydrogens is 246 g/mol. The van der Waals surface area contributed by atoms with Gasteiger partial charge < -0.3 is 19.5 Å². The van der Waals surface area contributed by atoms with Crippen LogP contribution >= 0.6 is 0 Å². The van der Waals surface area contributed by atoms with E-state index in [1.54, 1.807) is 18.2 Å². The summed E-state index contributed by atoms with van der Waals surface area (Å²) >= 11 is 0. The Balaban J connectivity index is 1.66. The number of hydrogen-bond donors (Lipinski definition) is 1. The van der Waals surface area contributed by atoms with Gasteiger partial charge in [0.2, 0.25) is 6.79 Å². The van der Waals surface area contributed by atoms with Gasteiger partial charge in [0.15, 0.2) is 11.5 Å². The van der Waals surface area contributed by atoms with Crippen molar-refractivity contribution < 1.29 is 19.0 Å². The van der Waals surface area contributed by atoms with Crippen LogP contribution in [-0.2, 0) is 4.74 Å². The SMILES string of the molecule is C[C@@H](NC(=O)c1ccc2c(c1)OCO2)[C@@H]1CCCO1. The molecule has 0 saturated carbocycles. The number of carbonyl (C=O) groups is 1. The molecule has 1 saturated heterocycles. The number of ether oxygens (including phenoxy) is 3. The molecule has 5 nitrogen and oxygen atoms in total. The lowest BCUT2D eigenvalue weighted by molar-refractivity contribution is 0.0712. The van der Waals surface area contributed by atoms with Crippen molar-refractivity contribution in [2.24, 2.45) is 0 Å². The number of nitrogens with one attached hydrogen (secondary N) is 1. The molecule has 5 heteroatoms. The first-order chi connectivity index (χ1) is 9.24. The fourth-order valence-electron chi connectivity index (χ4n) is 2.42. The molecule has 0 unspecified atom stereocenters. The zero-order valence-corrected chi connectivity index (χ0v) is 10.8. The zero-order valence-electron chi connectivity index (χ0n) is 10.8. The van der Waals surface area contributed by atoms with Gasteiger partial charge in [-0.05, 0) is 38.0 Å². The van der Waals surface area contributed by atoms with E-state index in [0.29, 0.717) is 17.1 Å². The summed E-state index contributed by atoms with van der Waals surface area (Å²) in [6.45, 7) is 2.97.